The molecule has 0 heterocycles. The summed E-state index contributed by atoms with van der Waals surface area (Å²) in [7, 11) is 0. The van der Waals surface area contributed by atoms with Gasteiger partial charge in [0.15, 0.2) is 6.10 Å². The third-order valence-corrected chi connectivity index (χ3v) is 6.01. The van der Waals surface area contributed by atoms with Crippen LogP contribution in [0.4, 0.5) is 4.79 Å². The molecule has 2 aliphatic carbocycles. The van der Waals surface area contributed by atoms with E-state index in [4.69, 9.17) is 19.3 Å². The highest BCUT2D eigenvalue weighted by molar-refractivity contribution is 5.68. The third-order valence-electron chi connectivity index (χ3n) is 6.01. The highest BCUT2D eigenvalue weighted by atomic mass is 16.7. The number of carbonyl (C=O) groups is 2. The van der Waals surface area contributed by atoms with Gasteiger partial charge in [0.25, 0.3) is 0 Å². The first-order valence-corrected chi connectivity index (χ1v) is 12.0. The summed E-state index contributed by atoms with van der Waals surface area (Å²) in [6, 6.07) is 0. The zero-order valence-corrected chi connectivity index (χ0v) is 20.9. The van der Waals surface area contributed by atoms with Crippen molar-refractivity contribution >= 4 is 12.1 Å². The molecule has 6 atom stereocenters. The Morgan fingerprint density at radius 2 is 1.97 bits per heavy atom. The zero-order chi connectivity index (χ0) is 25.3. The van der Waals surface area contributed by atoms with E-state index in [-0.39, 0.29) is 31.0 Å². The van der Waals surface area contributed by atoms with Crippen LogP contribution in [0, 0.1) is 47.4 Å². The van der Waals surface area contributed by atoms with E-state index in [1.165, 1.54) is 5.57 Å². The summed E-state index contributed by atoms with van der Waals surface area (Å²) in [4.78, 5) is 22.9. The summed E-state index contributed by atoms with van der Waals surface area (Å²) >= 11 is 0. The lowest BCUT2D eigenvalue weighted by molar-refractivity contribution is -0.141. The largest absolute Gasteiger partial charge is 0.510 e. The van der Waals surface area contributed by atoms with Gasteiger partial charge in [-0.3, -0.25) is 0 Å². The number of carbonyl (C=O) groups excluding carboxylic acids is 1. The highest BCUT2D eigenvalue weighted by Crippen LogP contribution is 2.49. The van der Waals surface area contributed by atoms with Crippen molar-refractivity contribution in [2.24, 2.45) is 23.7 Å². The number of carboxylic acids is 1. The van der Waals surface area contributed by atoms with Crippen LogP contribution in [0.5, 0.6) is 0 Å². The fraction of sp³-hybridized carbons (Fsp3) is 0.704. The van der Waals surface area contributed by atoms with E-state index >= 15 is 0 Å². The van der Waals surface area contributed by atoms with Gasteiger partial charge in [0, 0.05) is 24.7 Å². The lowest BCUT2D eigenvalue weighted by atomic mass is 9.91. The Balaban J connectivity index is 2.10. The molecule has 2 rings (SSSR count). The highest BCUT2D eigenvalue weighted by Gasteiger charge is 2.45. The molecule has 0 bridgehead atoms. The fourth-order valence-corrected chi connectivity index (χ4v) is 4.46. The Hall–Kier alpha value is -2.48. The van der Waals surface area contributed by atoms with E-state index in [9.17, 15) is 14.7 Å². The molecule has 0 unspecified atom stereocenters. The third kappa shape index (κ3) is 9.05. The fourth-order valence-electron chi connectivity index (χ4n) is 4.46. The predicted octanol–water partition coefficient (Wildman–Crippen LogP) is 4.18. The number of allylic oxidation sites excluding steroid dienone is 1. The van der Waals surface area contributed by atoms with Crippen LogP contribution in [-0.4, -0.2) is 53.4 Å². The maximum absolute atomic E-state index is 12.3. The summed E-state index contributed by atoms with van der Waals surface area (Å²) in [6.45, 7) is 9.20. The van der Waals surface area contributed by atoms with Crippen LogP contribution < -0.4 is 0 Å². The van der Waals surface area contributed by atoms with Crippen LogP contribution in [0.15, 0.2) is 11.6 Å². The van der Waals surface area contributed by atoms with Crippen LogP contribution >= 0.6 is 0 Å². The molecule has 2 saturated carbocycles. The molecule has 0 radical (unpaired) electrons. The van der Waals surface area contributed by atoms with Gasteiger partial charge in [-0.25, -0.2) is 9.59 Å². The van der Waals surface area contributed by atoms with Crippen molar-refractivity contribution in [3.05, 3.63) is 11.6 Å². The van der Waals surface area contributed by atoms with E-state index in [0.717, 1.165) is 19.3 Å². The Bertz CT molecular complexity index is 861. The van der Waals surface area contributed by atoms with Crippen LogP contribution in [0.2, 0.25) is 0 Å². The number of aliphatic hydroxyl groups excluding tert-OH is 1. The molecule has 7 nitrogen and oxygen atoms in total. The Labute approximate surface area is 203 Å². The molecule has 7 heteroatoms. The first-order chi connectivity index (χ1) is 16.0. The summed E-state index contributed by atoms with van der Waals surface area (Å²) in [5.74, 6) is 11.7. The smallest absolute Gasteiger partial charge is 0.480 e. The number of rotatable bonds is 7. The molecule has 0 saturated heterocycles. The second-order valence-corrected chi connectivity index (χ2v) is 10.1. The standard InChI is InChI=1S/C27H38O7/c1-6-7-8-9-18(2)24(33-26(31)34-27(3,4)5)11-10-21-22-15-19(12-13-32-17-25(29)30)14-20(22)16-23(21)28/h12,18,20-24,28H,6,9,13-17H2,1-5H3,(H,29,30)/t18-,20-,21+,22-,23+,24+/m0/s1. The molecule has 0 aromatic rings. The molecule has 2 aliphatic rings. The molecule has 34 heavy (non-hydrogen) atoms. The van der Waals surface area contributed by atoms with Crippen LogP contribution in [-0.2, 0) is 19.0 Å². The Morgan fingerprint density at radius 1 is 1.24 bits per heavy atom. The lowest BCUT2D eigenvalue weighted by Crippen LogP contribution is -2.30. The maximum atomic E-state index is 12.3. The van der Waals surface area contributed by atoms with Gasteiger partial charge in [-0.15, -0.1) is 11.8 Å². The van der Waals surface area contributed by atoms with Gasteiger partial charge < -0.3 is 24.4 Å². The van der Waals surface area contributed by atoms with Gasteiger partial charge >= 0.3 is 12.1 Å². The van der Waals surface area contributed by atoms with E-state index in [2.05, 4.69) is 23.7 Å². The van der Waals surface area contributed by atoms with Gasteiger partial charge in [0.1, 0.15) is 12.2 Å². The predicted molar refractivity (Wildman–Crippen MR) is 128 cm³/mol. The minimum Gasteiger partial charge on any atom is -0.480 e. The number of carboxylic acid groups (broad SMARTS) is 1. The van der Waals surface area contributed by atoms with Crippen LogP contribution in [0.1, 0.15) is 66.7 Å². The number of fused-ring (bicyclic) bond motifs is 1. The van der Waals surface area contributed by atoms with E-state index in [1.807, 2.05) is 19.9 Å². The molecule has 0 spiro atoms. The number of ether oxygens (including phenoxy) is 3. The minimum atomic E-state index is -0.988. The van der Waals surface area contributed by atoms with Gasteiger partial charge in [0.05, 0.1) is 12.7 Å². The Kier molecular flexibility index (Phi) is 10.5. The normalized spacial score (nSPS) is 26.5. The van der Waals surface area contributed by atoms with E-state index in [1.54, 1.807) is 20.8 Å². The average Bonchev–Trinajstić information content (AvgIpc) is 3.23. The average molecular weight is 475 g/mol. The van der Waals surface area contributed by atoms with Crippen LogP contribution in [0.3, 0.4) is 0 Å². The summed E-state index contributed by atoms with van der Waals surface area (Å²) in [5, 5.41) is 19.3. The summed E-state index contributed by atoms with van der Waals surface area (Å²) in [6.07, 6.45) is 3.59. The summed E-state index contributed by atoms with van der Waals surface area (Å²) < 4.78 is 16.0. The van der Waals surface area contributed by atoms with Crippen molar-refractivity contribution < 1.29 is 34.0 Å². The molecule has 2 fully saturated rings. The SMILES string of the molecule is CCC#CC[C@H](C)[C@@H](C#C[C@@H]1[C@H]2CC(=CCOCC(=O)O)C[C@H]2C[C@H]1O)OC(=O)OC(C)(C)C. The first-order valence-electron chi connectivity index (χ1n) is 12.0. The zero-order valence-electron chi connectivity index (χ0n) is 20.9. The topological polar surface area (TPSA) is 102 Å². The Morgan fingerprint density at radius 3 is 2.62 bits per heavy atom. The summed E-state index contributed by atoms with van der Waals surface area (Å²) in [5.41, 5.74) is 0.541. The molecule has 2 N–H and O–H groups in total. The van der Waals surface area contributed by atoms with Crippen LogP contribution in [0.25, 0.3) is 0 Å². The second kappa shape index (κ2) is 12.8. The molecule has 0 aromatic heterocycles. The monoisotopic (exact) mass is 474 g/mol. The van der Waals surface area contributed by atoms with Crippen molar-refractivity contribution in [3.63, 3.8) is 0 Å². The van der Waals surface area contributed by atoms with Gasteiger partial charge in [-0.2, -0.15) is 0 Å². The molecular formula is C27H38O7. The van der Waals surface area contributed by atoms with Crippen molar-refractivity contribution in [1.29, 1.82) is 0 Å². The molecular weight excluding hydrogens is 436 g/mol. The number of hydrogen-bond donors (Lipinski definition) is 2. The van der Waals surface area contributed by atoms with Crippen molar-refractivity contribution in [1.82, 2.24) is 0 Å². The quantitative estimate of drug-likeness (QED) is 0.247. The van der Waals surface area contributed by atoms with Gasteiger partial charge in [-0.05, 0) is 51.9 Å². The van der Waals surface area contributed by atoms with E-state index in [0.29, 0.717) is 18.8 Å². The van der Waals surface area contributed by atoms with Gasteiger partial charge in [-0.1, -0.05) is 37.3 Å². The van der Waals surface area contributed by atoms with Gasteiger partial charge in [0.2, 0.25) is 0 Å². The number of aliphatic hydroxyl groups is 1. The first kappa shape index (κ1) is 27.8. The molecule has 0 amide bonds. The van der Waals surface area contributed by atoms with E-state index < -0.39 is 29.9 Å². The van der Waals surface area contributed by atoms with Crippen molar-refractivity contribution in [2.75, 3.05) is 13.2 Å². The van der Waals surface area contributed by atoms with Crippen molar-refractivity contribution in [2.45, 2.75) is 84.5 Å². The molecule has 0 aromatic carbocycles. The second-order valence-electron chi connectivity index (χ2n) is 10.1. The van der Waals surface area contributed by atoms with Crippen molar-refractivity contribution in [3.8, 4) is 23.7 Å². The maximum Gasteiger partial charge on any atom is 0.510 e. The number of aliphatic carboxylic acids is 1. The minimum absolute atomic E-state index is 0.112. The molecule has 188 valence electrons. The lowest BCUT2D eigenvalue weighted by Gasteiger charge is -2.23. The number of hydrogen-bond acceptors (Lipinski definition) is 6. The molecule has 0 aliphatic heterocycles.